The number of nitrogen functional groups attached to an aromatic ring is 1. The van der Waals surface area contributed by atoms with E-state index >= 15 is 0 Å². The zero-order valence-electron chi connectivity index (χ0n) is 9.04. The predicted molar refractivity (Wildman–Crippen MR) is 64.8 cm³/mol. The quantitative estimate of drug-likeness (QED) is 0.623. The number of nitrogens with two attached hydrogens (primary N) is 1. The lowest BCUT2D eigenvalue weighted by Crippen LogP contribution is -2.05. The lowest BCUT2D eigenvalue weighted by Gasteiger charge is -2.01. The summed E-state index contributed by atoms with van der Waals surface area (Å²) in [4.78, 5) is 5.38. The predicted octanol–water partition coefficient (Wildman–Crippen LogP) is 2.85. The largest absolute Gasteiger partial charge is 0.300 e. The maximum atomic E-state index is 13.1. The van der Waals surface area contributed by atoms with Crippen molar-refractivity contribution in [2.75, 3.05) is 5.43 Å². The standard InChI is InChI=1S/C11H12FN3S/c1-6-5-8(3-4-9(6)12)10-7(2)16-11(14-10)15-13/h3-5H,13H2,1-2H3,(H,14,15). The van der Waals surface area contributed by atoms with Crippen LogP contribution in [0.25, 0.3) is 11.3 Å². The summed E-state index contributed by atoms with van der Waals surface area (Å²) < 4.78 is 13.1. The fraction of sp³-hybridized carbons (Fsp3) is 0.182. The number of hydrazine groups is 1. The second-order valence-corrected chi connectivity index (χ2v) is 4.74. The average molecular weight is 237 g/mol. The van der Waals surface area contributed by atoms with Crippen LogP contribution in [0.1, 0.15) is 10.4 Å². The fourth-order valence-electron chi connectivity index (χ4n) is 1.52. The highest BCUT2D eigenvalue weighted by Gasteiger charge is 2.10. The van der Waals surface area contributed by atoms with Gasteiger partial charge in [-0.2, -0.15) is 0 Å². The third kappa shape index (κ3) is 1.91. The molecule has 0 aliphatic rings. The number of aromatic nitrogens is 1. The molecule has 0 saturated heterocycles. The van der Waals surface area contributed by atoms with Crippen molar-refractivity contribution < 1.29 is 4.39 Å². The Morgan fingerprint density at radius 1 is 1.38 bits per heavy atom. The van der Waals surface area contributed by atoms with Crippen LogP contribution in [0.4, 0.5) is 9.52 Å². The van der Waals surface area contributed by atoms with Gasteiger partial charge in [-0.25, -0.2) is 15.2 Å². The molecule has 0 saturated carbocycles. The molecule has 0 unspecified atom stereocenters. The fourth-order valence-corrected chi connectivity index (χ4v) is 2.26. The highest BCUT2D eigenvalue weighted by molar-refractivity contribution is 7.15. The monoisotopic (exact) mass is 237 g/mol. The highest BCUT2D eigenvalue weighted by atomic mass is 32.1. The molecule has 0 aliphatic heterocycles. The van der Waals surface area contributed by atoms with Gasteiger partial charge in [0.1, 0.15) is 5.82 Å². The van der Waals surface area contributed by atoms with Crippen molar-refractivity contribution in [1.82, 2.24) is 4.98 Å². The normalized spacial score (nSPS) is 10.5. The summed E-state index contributed by atoms with van der Waals surface area (Å²) in [6.07, 6.45) is 0. The third-order valence-electron chi connectivity index (χ3n) is 2.35. The summed E-state index contributed by atoms with van der Waals surface area (Å²) in [7, 11) is 0. The summed E-state index contributed by atoms with van der Waals surface area (Å²) in [5.41, 5.74) is 4.89. The molecular formula is C11H12FN3S. The van der Waals surface area contributed by atoms with Crippen molar-refractivity contribution in [3.05, 3.63) is 34.5 Å². The molecule has 0 radical (unpaired) electrons. The Balaban J connectivity index is 2.49. The Kier molecular flexibility index (Phi) is 2.89. The molecule has 1 aromatic heterocycles. The number of thiazole rings is 1. The van der Waals surface area contributed by atoms with E-state index < -0.39 is 0 Å². The second kappa shape index (κ2) is 4.19. The summed E-state index contributed by atoms with van der Waals surface area (Å²) in [5.74, 6) is 5.10. The molecule has 16 heavy (non-hydrogen) atoms. The number of nitrogens with zero attached hydrogens (tertiary/aromatic N) is 1. The Labute approximate surface area is 97.1 Å². The first kappa shape index (κ1) is 11.0. The number of halogens is 1. The first-order chi connectivity index (χ1) is 7.61. The third-order valence-corrected chi connectivity index (χ3v) is 3.25. The van der Waals surface area contributed by atoms with Crippen molar-refractivity contribution in [1.29, 1.82) is 0 Å². The summed E-state index contributed by atoms with van der Waals surface area (Å²) in [6.45, 7) is 3.70. The Bertz CT molecular complexity index is 522. The molecule has 1 heterocycles. The van der Waals surface area contributed by atoms with Crippen LogP contribution in [0.15, 0.2) is 18.2 Å². The lowest BCUT2D eigenvalue weighted by molar-refractivity contribution is 0.619. The van der Waals surface area contributed by atoms with Gasteiger partial charge in [0, 0.05) is 10.4 Å². The van der Waals surface area contributed by atoms with Crippen LogP contribution in [-0.4, -0.2) is 4.98 Å². The van der Waals surface area contributed by atoms with Gasteiger partial charge in [0.2, 0.25) is 0 Å². The molecule has 0 amide bonds. The first-order valence-corrected chi connectivity index (χ1v) is 5.64. The number of anilines is 1. The molecule has 0 atom stereocenters. The van der Waals surface area contributed by atoms with E-state index in [0.29, 0.717) is 10.7 Å². The van der Waals surface area contributed by atoms with Gasteiger partial charge in [-0.1, -0.05) is 0 Å². The minimum Gasteiger partial charge on any atom is -0.300 e. The van der Waals surface area contributed by atoms with E-state index in [-0.39, 0.29) is 5.82 Å². The molecule has 0 bridgehead atoms. The maximum Gasteiger partial charge on any atom is 0.197 e. The minimum absolute atomic E-state index is 0.200. The van der Waals surface area contributed by atoms with E-state index in [0.717, 1.165) is 16.1 Å². The smallest absolute Gasteiger partial charge is 0.197 e. The van der Waals surface area contributed by atoms with Gasteiger partial charge >= 0.3 is 0 Å². The van der Waals surface area contributed by atoms with Crippen LogP contribution in [-0.2, 0) is 0 Å². The van der Waals surface area contributed by atoms with E-state index in [4.69, 9.17) is 5.84 Å². The van der Waals surface area contributed by atoms with Crippen LogP contribution in [0.2, 0.25) is 0 Å². The van der Waals surface area contributed by atoms with Crippen LogP contribution in [0.3, 0.4) is 0 Å². The molecule has 84 valence electrons. The molecule has 2 aromatic rings. The van der Waals surface area contributed by atoms with Crippen LogP contribution in [0.5, 0.6) is 0 Å². The summed E-state index contributed by atoms with van der Waals surface area (Å²) in [5, 5.41) is 0.662. The zero-order chi connectivity index (χ0) is 11.7. The molecule has 0 aliphatic carbocycles. The van der Waals surface area contributed by atoms with E-state index in [2.05, 4.69) is 10.4 Å². The number of benzene rings is 1. The molecule has 0 fully saturated rings. The Morgan fingerprint density at radius 3 is 2.69 bits per heavy atom. The van der Waals surface area contributed by atoms with Gasteiger partial charge in [-0.3, -0.25) is 5.43 Å². The number of hydrogen-bond acceptors (Lipinski definition) is 4. The number of hydrogen-bond donors (Lipinski definition) is 2. The van der Waals surface area contributed by atoms with Gasteiger partial charge in [0.05, 0.1) is 5.69 Å². The van der Waals surface area contributed by atoms with E-state index in [1.54, 1.807) is 19.1 Å². The maximum absolute atomic E-state index is 13.1. The van der Waals surface area contributed by atoms with E-state index in [1.807, 2.05) is 6.92 Å². The van der Waals surface area contributed by atoms with E-state index in [1.165, 1.54) is 17.4 Å². The van der Waals surface area contributed by atoms with Crippen molar-refractivity contribution in [3.8, 4) is 11.3 Å². The van der Waals surface area contributed by atoms with Crippen LogP contribution >= 0.6 is 11.3 Å². The molecule has 2 rings (SSSR count). The molecule has 1 aromatic carbocycles. The zero-order valence-corrected chi connectivity index (χ0v) is 9.86. The topological polar surface area (TPSA) is 50.9 Å². The second-order valence-electron chi connectivity index (χ2n) is 3.53. The first-order valence-electron chi connectivity index (χ1n) is 4.82. The number of aryl methyl sites for hydroxylation is 2. The van der Waals surface area contributed by atoms with Gasteiger partial charge in [-0.05, 0) is 37.6 Å². The van der Waals surface area contributed by atoms with Crippen molar-refractivity contribution in [2.24, 2.45) is 5.84 Å². The molecule has 5 heteroatoms. The average Bonchev–Trinajstić information content (AvgIpc) is 2.64. The summed E-state index contributed by atoms with van der Waals surface area (Å²) in [6, 6.07) is 4.97. The van der Waals surface area contributed by atoms with E-state index in [9.17, 15) is 4.39 Å². The molecule has 3 N–H and O–H groups in total. The molecule has 0 spiro atoms. The minimum atomic E-state index is -0.200. The van der Waals surface area contributed by atoms with Crippen LogP contribution in [0, 0.1) is 19.7 Å². The van der Waals surface area contributed by atoms with Crippen molar-refractivity contribution in [2.45, 2.75) is 13.8 Å². The Morgan fingerprint density at radius 2 is 2.12 bits per heavy atom. The van der Waals surface area contributed by atoms with Crippen LogP contribution < -0.4 is 11.3 Å². The van der Waals surface area contributed by atoms with Gasteiger partial charge in [-0.15, -0.1) is 11.3 Å². The lowest BCUT2D eigenvalue weighted by atomic mass is 10.1. The van der Waals surface area contributed by atoms with Crippen molar-refractivity contribution >= 4 is 16.5 Å². The van der Waals surface area contributed by atoms with Crippen molar-refractivity contribution in [3.63, 3.8) is 0 Å². The number of rotatable bonds is 2. The molecule has 3 nitrogen and oxygen atoms in total. The highest BCUT2D eigenvalue weighted by Crippen LogP contribution is 2.30. The molecular weight excluding hydrogens is 225 g/mol. The van der Waals surface area contributed by atoms with Gasteiger partial charge in [0.15, 0.2) is 5.13 Å². The number of nitrogens with one attached hydrogen (secondary N) is 1. The SMILES string of the molecule is Cc1cc(-c2nc(NN)sc2C)ccc1F. The van der Waals surface area contributed by atoms with Gasteiger partial charge < -0.3 is 0 Å². The summed E-state index contributed by atoms with van der Waals surface area (Å²) >= 11 is 1.48. The van der Waals surface area contributed by atoms with Gasteiger partial charge in [0.25, 0.3) is 0 Å². The Hall–Kier alpha value is -1.46.